The van der Waals surface area contributed by atoms with E-state index in [2.05, 4.69) is 10.3 Å². The Bertz CT molecular complexity index is 428. The van der Waals surface area contributed by atoms with Crippen molar-refractivity contribution in [2.45, 2.75) is 30.6 Å². The Labute approximate surface area is 102 Å². The first-order valence-corrected chi connectivity index (χ1v) is 6.29. The molecule has 1 aliphatic carbocycles. The van der Waals surface area contributed by atoms with Crippen LogP contribution in [0, 0.1) is 0 Å². The summed E-state index contributed by atoms with van der Waals surface area (Å²) in [4.78, 5) is 26.0. The van der Waals surface area contributed by atoms with Gasteiger partial charge in [0, 0.05) is 18.4 Å². The normalized spacial score (nSPS) is 14.6. The van der Waals surface area contributed by atoms with Gasteiger partial charge in [0.05, 0.1) is 5.75 Å². The van der Waals surface area contributed by atoms with Crippen LogP contribution in [0.15, 0.2) is 17.6 Å². The van der Waals surface area contributed by atoms with Crippen molar-refractivity contribution in [1.29, 1.82) is 0 Å². The highest BCUT2D eigenvalue weighted by Gasteiger charge is 2.23. The third kappa shape index (κ3) is 3.77. The van der Waals surface area contributed by atoms with Crippen molar-refractivity contribution in [2.75, 3.05) is 5.75 Å². The molecular formula is C10H13N3O3S. The number of aromatic nitrogens is 2. The van der Waals surface area contributed by atoms with Crippen molar-refractivity contribution in [3.05, 3.63) is 12.4 Å². The monoisotopic (exact) mass is 255 g/mol. The molecular weight excluding hydrogens is 242 g/mol. The third-order valence-corrected chi connectivity index (χ3v) is 3.25. The summed E-state index contributed by atoms with van der Waals surface area (Å²) < 4.78 is 1.66. The number of amides is 1. The number of imidazole rings is 1. The van der Waals surface area contributed by atoms with Crippen LogP contribution < -0.4 is 5.32 Å². The Morgan fingerprint density at radius 3 is 3.00 bits per heavy atom. The second kappa shape index (κ2) is 5.22. The molecule has 0 radical (unpaired) electrons. The number of carboxylic acid groups (broad SMARTS) is 1. The zero-order chi connectivity index (χ0) is 12.3. The van der Waals surface area contributed by atoms with E-state index >= 15 is 0 Å². The zero-order valence-corrected chi connectivity index (χ0v) is 9.94. The van der Waals surface area contributed by atoms with Gasteiger partial charge in [-0.1, -0.05) is 11.8 Å². The second-order valence-corrected chi connectivity index (χ2v) is 4.80. The first-order valence-electron chi connectivity index (χ1n) is 5.30. The number of carbonyl (C=O) groups excluding carboxylic acids is 1. The number of carboxylic acids is 1. The van der Waals surface area contributed by atoms with Crippen molar-refractivity contribution in [2.24, 2.45) is 0 Å². The van der Waals surface area contributed by atoms with Gasteiger partial charge in [-0.3, -0.25) is 9.59 Å². The molecule has 1 amide bonds. The lowest BCUT2D eigenvalue weighted by molar-refractivity contribution is -0.133. The molecule has 1 fully saturated rings. The van der Waals surface area contributed by atoms with E-state index in [4.69, 9.17) is 5.11 Å². The van der Waals surface area contributed by atoms with E-state index in [0.717, 1.165) is 24.6 Å². The van der Waals surface area contributed by atoms with Gasteiger partial charge < -0.3 is 15.0 Å². The molecule has 0 spiro atoms. The maximum Gasteiger partial charge on any atom is 0.313 e. The molecule has 0 aliphatic heterocycles. The molecule has 7 heteroatoms. The maximum atomic E-state index is 11.6. The summed E-state index contributed by atoms with van der Waals surface area (Å²) >= 11 is 1.11. The number of hydrogen-bond donors (Lipinski definition) is 2. The standard InChI is InChI=1S/C10H13N3O3S/c14-8(12-7-1-2-7)5-13-4-3-11-10(13)17-6-9(15)16/h3-4,7H,1-2,5-6H2,(H,12,14)(H,15,16). The number of rotatable bonds is 6. The van der Waals surface area contributed by atoms with Gasteiger partial charge in [-0.25, -0.2) is 4.98 Å². The fraction of sp³-hybridized carbons (Fsp3) is 0.500. The molecule has 1 aromatic heterocycles. The van der Waals surface area contributed by atoms with E-state index in [1.165, 1.54) is 0 Å². The van der Waals surface area contributed by atoms with Crippen LogP contribution in [-0.4, -0.2) is 38.3 Å². The molecule has 17 heavy (non-hydrogen) atoms. The summed E-state index contributed by atoms with van der Waals surface area (Å²) in [6.45, 7) is 0.193. The van der Waals surface area contributed by atoms with Crippen LogP contribution in [0.4, 0.5) is 0 Å². The van der Waals surface area contributed by atoms with Crippen LogP contribution in [-0.2, 0) is 16.1 Å². The highest BCUT2D eigenvalue weighted by atomic mass is 32.2. The average molecular weight is 255 g/mol. The van der Waals surface area contributed by atoms with Gasteiger partial charge in [-0.2, -0.15) is 0 Å². The minimum atomic E-state index is -0.896. The lowest BCUT2D eigenvalue weighted by Gasteiger charge is -2.06. The number of hydrogen-bond acceptors (Lipinski definition) is 4. The topological polar surface area (TPSA) is 84.2 Å². The smallest absolute Gasteiger partial charge is 0.313 e. The zero-order valence-electron chi connectivity index (χ0n) is 9.13. The van der Waals surface area contributed by atoms with E-state index in [1.807, 2.05) is 0 Å². The summed E-state index contributed by atoms with van der Waals surface area (Å²) in [5.74, 6) is -1.00. The molecule has 0 bridgehead atoms. The number of carbonyl (C=O) groups is 2. The van der Waals surface area contributed by atoms with Crippen molar-refractivity contribution in [3.8, 4) is 0 Å². The number of thioether (sulfide) groups is 1. The molecule has 1 aromatic rings. The Kier molecular flexibility index (Phi) is 3.68. The summed E-state index contributed by atoms with van der Waals surface area (Å²) in [5.41, 5.74) is 0. The second-order valence-electron chi connectivity index (χ2n) is 3.86. The summed E-state index contributed by atoms with van der Waals surface area (Å²) in [7, 11) is 0. The van der Waals surface area contributed by atoms with Crippen molar-refractivity contribution >= 4 is 23.6 Å². The largest absolute Gasteiger partial charge is 0.481 e. The number of nitrogens with zero attached hydrogens (tertiary/aromatic N) is 2. The van der Waals surface area contributed by atoms with Crippen LogP contribution >= 0.6 is 11.8 Å². The molecule has 0 unspecified atom stereocenters. The SMILES string of the molecule is O=C(O)CSc1nccn1CC(=O)NC1CC1. The summed E-state index contributed by atoms with van der Waals surface area (Å²) in [6, 6.07) is 0.334. The summed E-state index contributed by atoms with van der Waals surface area (Å²) in [6.07, 6.45) is 5.35. The highest BCUT2D eigenvalue weighted by molar-refractivity contribution is 7.99. The molecule has 92 valence electrons. The quantitative estimate of drug-likeness (QED) is 0.716. The van der Waals surface area contributed by atoms with Crippen molar-refractivity contribution in [1.82, 2.24) is 14.9 Å². The minimum Gasteiger partial charge on any atom is -0.481 e. The fourth-order valence-electron chi connectivity index (χ4n) is 1.34. The van der Waals surface area contributed by atoms with Crippen LogP contribution in [0.25, 0.3) is 0 Å². The van der Waals surface area contributed by atoms with Crippen LogP contribution in [0.5, 0.6) is 0 Å². The number of nitrogens with one attached hydrogen (secondary N) is 1. The molecule has 0 aromatic carbocycles. The third-order valence-electron chi connectivity index (χ3n) is 2.26. The predicted molar refractivity (Wildman–Crippen MR) is 61.8 cm³/mol. The van der Waals surface area contributed by atoms with E-state index < -0.39 is 5.97 Å². The first kappa shape index (κ1) is 12.0. The molecule has 1 aliphatic rings. The molecule has 0 atom stereocenters. The maximum absolute atomic E-state index is 11.6. The highest BCUT2D eigenvalue weighted by Crippen LogP contribution is 2.19. The van der Waals surface area contributed by atoms with E-state index in [9.17, 15) is 9.59 Å². The van der Waals surface area contributed by atoms with E-state index in [0.29, 0.717) is 11.2 Å². The Morgan fingerprint density at radius 2 is 2.35 bits per heavy atom. The fourth-order valence-corrected chi connectivity index (χ4v) is 2.02. The average Bonchev–Trinajstić information content (AvgIpc) is 2.94. The van der Waals surface area contributed by atoms with Gasteiger partial charge in [0.1, 0.15) is 6.54 Å². The number of aliphatic carboxylic acids is 1. The molecule has 2 N–H and O–H groups in total. The lowest BCUT2D eigenvalue weighted by Crippen LogP contribution is -2.29. The van der Waals surface area contributed by atoms with Gasteiger partial charge in [0.25, 0.3) is 0 Å². The van der Waals surface area contributed by atoms with Crippen molar-refractivity contribution in [3.63, 3.8) is 0 Å². The summed E-state index contributed by atoms with van der Waals surface area (Å²) in [5, 5.41) is 12.0. The first-order chi connectivity index (χ1) is 8.15. The van der Waals surface area contributed by atoms with Gasteiger partial charge in [0.15, 0.2) is 5.16 Å². The molecule has 6 nitrogen and oxygen atoms in total. The molecule has 1 heterocycles. The van der Waals surface area contributed by atoms with Crippen molar-refractivity contribution < 1.29 is 14.7 Å². The molecule has 2 rings (SSSR count). The van der Waals surface area contributed by atoms with Gasteiger partial charge >= 0.3 is 5.97 Å². The molecule has 0 saturated heterocycles. The van der Waals surface area contributed by atoms with Crippen LogP contribution in [0.2, 0.25) is 0 Å². The van der Waals surface area contributed by atoms with E-state index in [1.54, 1.807) is 17.0 Å². The van der Waals surface area contributed by atoms with Gasteiger partial charge in [-0.05, 0) is 12.8 Å². The van der Waals surface area contributed by atoms with Crippen LogP contribution in [0.1, 0.15) is 12.8 Å². The van der Waals surface area contributed by atoms with Crippen LogP contribution in [0.3, 0.4) is 0 Å². The van der Waals surface area contributed by atoms with Gasteiger partial charge in [0.2, 0.25) is 5.91 Å². The van der Waals surface area contributed by atoms with Gasteiger partial charge in [-0.15, -0.1) is 0 Å². The van der Waals surface area contributed by atoms with E-state index in [-0.39, 0.29) is 18.2 Å². The Balaban J connectivity index is 1.88. The molecule has 1 saturated carbocycles. The lowest BCUT2D eigenvalue weighted by atomic mass is 10.5. The Morgan fingerprint density at radius 1 is 1.59 bits per heavy atom. The Hall–Kier alpha value is -1.50. The minimum absolute atomic E-state index is 0.0531. The predicted octanol–water partition coefficient (Wildman–Crippen LogP) is 0.338.